The first-order valence-corrected chi connectivity index (χ1v) is 7.59. The summed E-state index contributed by atoms with van der Waals surface area (Å²) < 4.78 is 7.66. The van der Waals surface area contributed by atoms with Gasteiger partial charge in [0, 0.05) is 10.6 Å². The molecule has 3 aromatic rings. The SMILES string of the molecule is Cc1cccc(C(O)c2ccc3c(c2)oc(=O)n3C)c1I. The van der Waals surface area contributed by atoms with Crippen LogP contribution in [-0.2, 0) is 7.05 Å². The molecule has 4 nitrogen and oxygen atoms in total. The molecular formula is C16H14INO3. The van der Waals surface area contributed by atoms with Crippen LogP contribution in [0.1, 0.15) is 22.8 Å². The number of aryl methyl sites for hydroxylation is 2. The van der Waals surface area contributed by atoms with E-state index >= 15 is 0 Å². The lowest BCUT2D eigenvalue weighted by Crippen LogP contribution is -2.08. The topological polar surface area (TPSA) is 55.4 Å². The van der Waals surface area contributed by atoms with E-state index in [9.17, 15) is 9.90 Å². The second-order valence-corrected chi connectivity index (χ2v) is 6.11. The first-order valence-electron chi connectivity index (χ1n) is 6.51. The van der Waals surface area contributed by atoms with Crippen molar-refractivity contribution in [3.8, 4) is 0 Å². The molecule has 0 saturated heterocycles. The molecule has 1 N–H and O–H groups in total. The fourth-order valence-corrected chi connectivity index (χ4v) is 3.04. The van der Waals surface area contributed by atoms with Gasteiger partial charge in [0.2, 0.25) is 0 Å². The molecule has 0 aliphatic heterocycles. The second kappa shape index (κ2) is 5.31. The minimum Gasteiger partial charge on any atom is -0.408 e. The molecule has 1 atom stereocenters. The summed E-state index contributed by atoms with van der Waals surface area (Å²) in [6.45, 7) is 2.01. The number of oxazole rings is 1. The molecule has 108 valence electrons. The van der Waals surface area contributed by atoms with Crippen LogP contribution in [0, 0.1) is 10.5 Å². The van der Waals surface area contributed by atoms with Crippen LogP contribution < -0.4 is 5.76 Å². The number of fused-ring (bicyclic) bond motifs is 1. The highest BCUT2D eigenvalue weighted by atomic mass is 127. The molecule has 3 rings (SSSR count). The number of aliphatic hydroxyl groups is 1. The van der Waals surface area contributed by atoms with Crippen molar-refractivity contribution >= 4 is 33.7 Å². The Morgan fingerprint density at radius 1 is 1.29 bits per heavy atom. The molecule has 2 aromatic carbocycles. The van der Waals surface area contributed by atoms with Crippen LogP contribution in [-0.4, -0.2) is 9.67 Å². The summed E-state index contributed by atoms with van der Waals surface area (Å²) in [5.41, 5.74) is 3.89. The zero-order chi connectivity index (χ0) is 15.1. The van der Waals surface area contributed by atoms with Gasteiger partial charge < -0.3 is 9.52 Å². The highest BCUT2D eigenvalue weighted by Crippen LogP contribution is 2.29. The van der Waals surface area contributed by atoms with Crippen LogP contribution in [0.4, 0.5) is 0 Å². The Hall–Kier alpha value is -1.60. The van der Waals surface area contributed by atoms with Gasteiger partial charge in [0.15, 0.2) is 5.58 Å². The van der Waals surface area contributed by atoms with Crippen LogP contribution in [0.15, 0.2) is 45.6 Å². The van der Waals surface area contributed by atoms with Crippen LogP contribution in [0.2, 0.25) is 0 Å². The number of rotatable bonds is 2. The van der Waals surface area contributed by atoms with E-state index in [2.05, 4.69) is 22.6 Å². The summed E-state index contributed by atoms with van der Waals surface area (Å²) in [5.74, 6) is -0.401. The maximum atomic E-state index is 11.5. The molecule has 0 aliphatic rings. The van der Waals surface area contributed by atoms with Crippen molar-refractivity contribution in [1.82, 2.24) is 4.57 Å². The molecule has 0 bridgehead atoms. The van der Waals surface area contributed by atoms with Crippen molar-refractivity contribution in [3.63, 3.8) is 0 Å². The van der Waals surface area contributed by atoms with Gasteiger partial charge in [-0.3, -0.25) is 4.57 Å². The monoisotopic (exact) mass is 395 g/mol. The van der Waals surface area contributed by atoms with Gasteiger partial charge in [-0.25, -0.2) is 4.79 Å². The molecule has 0 amide bonds. The zero-order valence-corrected chi connectivity index (χ0v) is 13.8. The minimum atomic E-state index is -0.744. The van der Waals surface area contributed by atoms with Crippen molar-refractivity contribution in [1.29, 1.82) is 0 Å². The standard InChI is InChI=1S/C16H14INO3/c1-9-4-3-5-11(14(9)17)15(19)10-6-7-12-13(8-10)21-16(20)18(12)2/h3-8,15,19H,1-2H3. The predicted octanol–water partition coefficient (Wildman–Crippen LogP) is 3.13. The molecule has 1 aromatic heterocycles. The first kappa shape index (κ1) is 14.3. The second-order valence-electron chi connectivity index (χ2n) is 5.03. The number of hydrogen-bond acceptors (Lipinski definition) is 3. The Morgan fingerprint density at radius 3 is 2.81 bits per heavy atom. The van der Waals surface area contributed by atoms with Gasteiger partial charge in [0.1, 0.15) is 6.10 Å². The number of hydrogen-bond donors (Lipinski definition) is 1. The zero-order valence-electron chi connectivity index (χ0n) is 11.6. The number of nitrogens with zero attached hydrogens (tertiary/aromatic N) is 1. The van der Waals surface area contributed by atoms with Crippen molar-refractivity contribution in [2.45, 2.75) is 13.0 Å². The van der Waals surface area contributed by atoms with E-state index in [1.54, 1.807) is 19.2 Å². The third-order valence-corrected chi connectivity index (χ3v) is 5.12. The van der Waals surface area contributed by atoms with E-state index < -0.39 is 11.9 Å². The normalized spacial score (nSPS) is 12.8. The quantitative estimate of drug-likeness (QED) is 0.679. The number of aliphatic hydroxyl groups excluding tert-OH is 1. The molecule has 0 radical (unpaired) electrons. The van der Waals surface area contributed by atoms with Gasteiger partial charge in [-0.05, 0) is 58.3 Å². The number of benzene rings is 2. The van der Waals surface area contributed by atoms with Gasteiger partial charge in [-0.15, -0.1) is 0 Å². The van der Waals surface area contributed by atoms with Crippen molar-refractivity contribution in [2.75, 3.05) is 0 Å². The molecule has 0 spiro atoms. The Morgan fingerprint density at radius 2 is 2.05 bits per heavy atom. The fourth-order valence-electron chi connectivity index (χ4n) is 2.38. The first-order chi connectivity index (χ1) is 9.99. The van der Waals surface area contributed by atoms with E-state index in [-0.39, 0.29) is 0 Å². The summed E-state index contributed by atoms with van der Waals surface area (Å²) in [4.78, 5) is 11.5. The summed E-state index contributed by atoms with van der Waals surface area (Å²) in [7, 11) is 1.66. The van der Waals surface area contributed by atoms with E-state index in [0.717, 1.165) is 20.2 Å². The maximum Gasteiger partial charge on any atom is 0.419 e. The van der Waals surface area contributed by atoms with Gasteiger partial charge in [0.25, 0.3) is 0 Å². The molecule has 1 unspecified atom stereocenters. The van der Waals surface area contributed by atoms with Gasteiger partial charge in [-0.1, -0.05) is 24.3 Å². The van der Waals surface area contributed by atoms with E-state index in [1.807, 2.05) is 31.2 Å². The highest BCUT2D eigenvalue weighted by Gasteiger charge is 2.16. The Labute approximate surface area is 135 Å². The van der Waals surface area contributed by atoms with Crippen LogP contribution in [0.3, 0.4) is 0 Å². The summed E-state index contributed by atoms with van der Waals surface area (Å²) in [6.07, 6.45) is -0.744. The average Bonchev–Trinajstić information content (AvgIpc) is 2.76. The molecule has 1 heterocycles. The van der Waals surface area contributed by atoms with E-state index in [1.165, 1.54) is 4.57 Å². The molecule has 0 aliphatic carbocycles. The van der Waals surface area contributed by atoms with Gasteiger partial charge >= 0.3 is 5.76 Å². The number of halogens is 1. The summed E-state index contributed by atoms with van der Waals surface area (Å²) >= 11 is 2.24. The molecule has 21 heavy (non-hydrogen) atoms. The third-order valence-electron chi connectivity index (χ3n) is 3.65. The minimum absolute atomic E-state index is 0.401. The smallest absolute Gasteiger partial charge is 0.408 e. The van der Waals surface area contributed by atoms with E-state index in [4.69, 9.17) is 4.42 Å². The maximum absolute atomic E-state index is 11.5. The molecular weight excluding hydrogens is 381 g/mol. The van der Waals surface area contributed by atoms with E-state index in [0.29, 0.717) is 11.1 Å². The lowest BCUT2D eigenvalue weighted by atomic mass is 10.00. The third kappa shape index (κ3) is 2.40. The molecule has 5 heteroatoms. The van der Waals surface area contributed by atoms with Crippen molar-refractivity contribution < 1.29 is 9.52 Å². The van der Waals surface area contributed by atoms with Crippen molar-refractivity contribution in [3.05, 3.63) is 67.2 Å². The average molecular weight is 395 g/mol. The van der Waals surface area contributed by atoms with Gasteiger partial charge in [-0.2, -0.15) is 0 Å². The Balaban J connectivity index is 2.11. The lowest BCUT2D eigenvalue weighted by molar-refractivity contribution is 0.219. The van der Waals surface area contributed by atoms with Gasteiger partial charge in [0.05, 0.1) is 5.52 Å². The summed E-state index contributed by atoms with van der Waals surface area (Å²) in [6, 6.07) is 11.2. The largest absolute Gasteiger partial charge is 0.419 e. The fraction of sp³-hybridized carbons (Fsp3) is 0.188. The Kier molecular flexibility index (Phi) is 3.62. The summed E-state index contributed by atoms with van der Waals surface area (Å²) in [5, 5.41) is 10.6. The van der Waals surface area contributed by atoms with Crippen LogP contribution in [0.25, 0.3) is 11.1 Å². The number of aromatic nitrogens is 1. The van der Waals surface area contributed by atoms with Crippen LogP contribution in [0.5, 0.6) is 0 Å². The predicted molar refractivity (Wildman–Crippen MR) is 89.4 cm³/mol. The molecule has 0 fully saturated rings. The highest BCUT2D eigenvalue weighted by molar-refractivity contribution is 14.1. The van der Waals surface area contributed by atoms with Crippen molar-refractivity contribution in [2.24, 2.45) is 7.05 Å². The lowest BCUT2D eigenvalue weighted by Gasteiger charge is -2.14. The van der Waals surface area contributed by atoms with Crippen LogP contribution >= 0.6 is 22.6 Å². The Bertz CT molecular complexity index is 879. The molecule has 0 saturated carbocycles.